The number of ether oxygens (including phenoxy) is 2. The van der Waals surface area contributed by atoms with Crippen LogP contribution < -0.4 is 15.2 Å². The third-order valence-corrected chi connectivity index (χ3v) is 3.57. The molecule has 1 aromatic carbocycles. The predicted octanol–water partition coefficient (Wildman–Crippen LogP) is 2.81. The number of rotatable bonds is 4. The zero-order valence-electron chi connectivity index (χ0n) is 9.84. The molecular weight excluding hydrogens is 234 g/mol. The molecule has 1 heterocycles. The number of hydrogen-bond acceptors (Lipinski definition) is 4. The van der Waals surface area contributed by atoms with Crippen molar-refractivity contribution in [2.45, 2.75) is 6.04 Å². The molecule has 90 valence electrons. The Morgan fingerprint density at radius 1 is 1.12 bits per heavy atom. The minimum atomic E-state index is -0.181. The lowest BCUT2D eigenvalue weighted by Gasteiger charge is -2.16. The topological polar surface area (TPSA) is 44.5 Å². The molecule has 0 saturated carbocycles. The van der Waals surface area contributed by atoms with Crippen LogP contribution in [0.5, 0.6) is 11.5 Å². The first-order valence-electron chi connectivity index (χ1n) is 5.27. The van der Waals surface area contributed by atoms with Gasteiger partial charge in [-0.1, -0.05) is 18.2 Å². The summed E-state index contributed by atoms with van der Waals surface area (Å²) in [6.45, 7) is 0. The van der Waals surface area contributed by atoms with E-state index in [-0.39, 0.29) is 6.04 Å². The van der Waals surface area contributed by atoms with Gasteiger partial charge in [0.05, 0.1) is 20.3 Å². The van der Waals surface area contributed by atoms with Crippen LogP contribution in [0.2, 0.25) is 0 Å². The van der Waals surface area contributed by atoms with Crippen LogP contribution in [0, 0.1) is 0 Å². The van der Waals surface area contributed by atoms with E-state index in [2.05, 4.69) is 0 Å². The van der Waals surface area contributed by atoms with Gasteiger partial charge in [0.2, 0.25) is 0 Å². The third-order valence-electron chi connectivity index (χ3n) is 2.62. The fourth-order valence-electron chi connectivity index (χ4n) is 1.78. The lowest BCUT2D eigenvalue weighted by molar-refractivity contribution is 0.350. The maximum Gasteiger partial charge on any atom is 0.165 e. The zero-order chi connectivity index (χ0) is 12.3. The smallest absolute Gasteiger partial charge is 0.165 e. The molecule has 2 rings (SSSR count). The Balaban J connectivity index is 2.44. The van der Waals surface area contributed by atoms with Crippen LogP contribution in [0.4, 0.5) is 0 Å². The lowest BCUT2D eigenvalue weighted by atomic mass is 10.0. The second-order valence-corrected chi connectivity index (χ2v) is 4.56. The molecule has 0 aliphatic heterocycles. The van der Waals surface area contributed by atoms with E-state index >= 15 is 0 Å². The standard InChI is InChI=1S/C13H15NO2S/c1-15-10-6-3-5-9(13(10)16-2)12(14)11-7-4-8-17-11/h3-8,12H,14H2,1-2H3/t12-/m1/s1. The predicted molar refractivity (Wildman–Crippen MR) is 69.9 cm³/mol. The molecule has 2 N–H and O–H groups in total. The van der Waals surface area contributed by atoms with Gasteiger partial charge in [-0.3, -0.25) is 0 Å². The molecule has 2 aromatic rings. The van der Waals surface area contributed by atoms with Crippen LogP contribution in [0.1, 0.15) is 16.5 Å². The van der Waals surface area contributed by atoms with Gasteiger partial charge >= 0.3 is 0 Å². The molecule has 4 heteroatoms. The first kappa shape index (κ1) is 12.0. The van der Waals surface area contributed by atoms with Gasteiger partial charge in [-0.15, -0.1) is 11.3 Å². The van der Waals surface area contributed by atoms with E-state index < -0.39 is 0 Å². The van der Waals surface area contributed by atoms with Gasteiger partial charge in [0.15, 0.2) is 11.5 Å². The SMILES string of the molecule is COc1cccc([C@@H](N)c2cccs2)c1OC. The van der Waals surface area contributed by atoms with E-state index in [0.29, 0.717) is 11.5 Å². The lowest BCUT2D eigenvalue weighted by Crippen LogP contribution is -2.12. The summed E-state index contributed by atoms with van der Waals surface area (Å²) in [7, 11) is 3.25. The summed E-state index contributed by atoms with van der Waals surface area (Å²) in [6.07, 6.45) is 0. The molecule has 0 bridgehead atoms. The van der Waals surface area contributed by atoms with Crippen molar-refractivity contribution in [2.24, 2.45) is 5.73 Å². The first-order chi connectivity index (χ1) is 8.27. The summed E-state index contributed by atoms with van der Waals surface area (Å²) in [4.78, 5) is 1.11. The van der Waals surface area contributed by atoms with Gasteiger partial charge < -0.3 is 15.2 Å². The second kappa shape index (κ2) is 5.21. The third kappa shape index (κ3) is 2.28. The molecule has 0 fully saturated rings. The number of thiophene rings is 1. The fourth-order valence-corrected chi connectivity index (χ4v) is 2.52. The Morgan fingerprint density at radius 3 is 2.53 bits per heavy atom. The van der Waals surface area contributed by atoms with E-state index in [4.69, 9.17) is 15.2 Å². The summed E-state index contributed by atoms with van der Waals surface area (Å²) in [5, 5.41) is 2.02. The monoisotopic (exact) mass is 249 g/mol. The quantitative estimate of drug-likeness (QED) is 0.906. The molecule has 0 radical (unpaired) electrons. The van der Waals surface area contributed by atoms with E-state index in [9.17, 15) is 0 Å². The van der Waals surface area contributed by atoms with E-state index in [1.165, 1.54) is 0 Å². The summed E-state index contributed by atoms with van der Waals surface area (Å²) >= 11 is 1.64. The summed E-state index contributed by atoms with van der Waals surface area (Å²) in [5.74, 6) is 1.41. The maximum atomic E-state index is 6.24. The Hall–Kier alpha value is -1.52. The largest absolute Gasteiger partial charge is 0.493 e. The molecule has 0 saturated heterocycles. The molecule has 0 aliphatic rings. The van der Waals surface area contributed by atoms with Crippen molar-refractivity contribution in [3.63, 3.8) is 0 Å². The van der Waals surface area contributed by atoms with Gasteiger partial charge in [-0.25, -0.2) is 0 Å². The normalized spacial score (nSPS) is 12.2. The van der Waals surface area contributed by atoms with Gasteiger partial charge in [0.1, 0.15) is 0 Å². The Labute approximate surface area is 105 Å². The second-order valence-electron chi connectivity index (χ2n) is 3.58. The van der Waals surface area contributed by atoms with Crippen molar-refractivity contribution < 1.29 is 9.47 Å². The fraction of sp³-hybridized carbons (Fsp3) is 0.231. The average Bonchev–Trinajstić information content (AvgIpc) is 2.90. The molecule has 0 amide bonds. The Bertz CT molecular complexity index is 482. The molecular formula is C13H15NO2S. The minimum absolute atomic E-state index is 0.181. The van der Waals surface area contributed by atoms with Gasteiger partial charge in [-0.05, 0) is 17.5 Å². The van der Waals surface area contributed by atoms with Crippen molar-refractivity contribution in [3.8, 4) is 11.5 Å². The van der Waals surface area contributed by atoms with E-state index in [1.807, 2.05) is 35.7 Å². The maximum absolute atomic E-state index is 6.24. The summed E-state index contributed by atoms with van der Waals surface area (Å²) < 4.78 is 10.7. The zero-order valence-corrected chi connectivity index (χ0v) is 10.7. The highest BCUT2D eigenvalue weighted by Gasteiger charge is 2.17. The van der Waals surface area contributed by atoms with Crippen molar-refractivity contribution >= 4 is 11.3 Å². The van der Waals surface area contributed by atoms with Crippen LogP contribution in [0.25, 0.3) is 0 Å². The van der Waals surface area contributed by atoms with Crippen molar-refractivity contribution in [2.75, 3.05) is 14.2 Å². The number of methoxy groups -OCH3 is 2. The van der Waals surface area contributed by atoms with E-state index in [0.717, 1.165) is 10.4 Å². The Morgan fingerprint density at radius 2 is 1.94 bits per heavy atom. The molecule has 1 aromatic heterocycles. The molecule has 3 nitrogen and oxygen atoms in total. The van der Waals surface area contributed by atoms with E-state index in [1.54, 1.807) is 25.6 Å². The number of benzene rings is 1. The molecule has 17 heavy (non-hydrogen) atoms. The van der Waals surface area contributed by atoms with Gasteiger partial charge in [0.25, 0.3) is 0 Å². The van der Waals surface area contributed by atoms with Crippen LogP contribution in [0.3, 0.4) is 0 Å². The van der Waals surface area contributed by atoms with Crippen LogP contribution >= 0.6 is 11.3 Å². The summed E-state index contributed by atoms with van der Waals surface area (Å²) in [5.41, 5.74) is 7.17. The number of nitrogens with two attached hydrogens (primary N) is 1. The van der Waals surface area contributed by atoms with Crippen molar-refractivity contribution in [3.05, 3.63) is 46.2 Å². The van der Waals surface area contributed by atoms with Crippen LogP contribution in [-0.4, -0.2) is 14.2 Å². The summed E-state index contributed by atoms with van der Waals surface area (Å²) in [6, 6.07) is 9.58. The first-order valence-corrected chi connectivity index (χ1v) is 6.15. The van der Waals surface area contributed by atoms with Crippen LogP contribution in [-0.2, 0) is 0 Å². The van der Waals surface area contributed by atoms with Gasteiger partial charge in [0, 0.05) is 10.4 Å². The number of hydrogen-bond donors (Lipinski definition) is 1. The highest BCUT2D eigenvalue weighted by molar-refractivity contribution is 7.10. The highest BCUT2D eigenvalue weighted by atomic mass is 32.1. The highest BCUT2D eigenvalue weighted by Crippen LogP contribution is 2.36. The molecule has 0 spiro atoms. The molecule has 0 aliphatic carbocycles. The van der Waals surface area contributed by atoms with Crippen LogP contribution in [0.15, 0.2) is 35.7 Å². The Kier molecular flexibility index (Phi) is 3.66. The molecule has 0 unspecified atom stereocenters. The van der Waals surface area contributed by atoms with Gasteiger partial charge in [-0.2, -0.15) is 0 Å². The van der Waals surface area contributed by atoms with Crippen molar-refractivity contribution in [1.29, 1.82) is 0 Å². The number of para-hydroxylation sites is 1. The molecule has 1 atom stereocenters. The minimum Gasteiger partial charge on any atom is -0.493 e. The van der Waals surface area contributed by atoms with Crippen molar-refractivity contribution in [1.82, 2.24) is 0 Å². The average molecular weight is 249 g/mol.